The summed E-state index contributed by atoms with van der Waals surface area (Å²) >= 11 is 0. The van der Waals surface area contributed by atoms with Crippen molar-refractivity contribution in [3.05, 3.63) is 54.6 Å². The molecular formula is C21H26N2O6S2. The maximum Gasteiger partial charge on any atom is 0.243 e. The van der Waals surface area contributed by atoms with E-state index in [4.69, 9.17) is 4.74 Å². The van der Waals surface area contributed by atoms with E-state index in [1.165, 1.54) is 40.7 Å². The summed E-state index contributed by atoms with van der Waals surface area (Å²) < 4.78 is 57.3. The molecule has 1 N–H and O–H groups in total. The van der Waals surface area contributed by atoms with Crippen molar-refractivity contribution >= 4 is 31.5 Å². The van der Waals surface area contributed by atoms with E-state index in [1.54, 1.807) is 18.2 Å². The Labute approximate surface area is 183 Å². The van der Waals surface area contributed by atoms with Gasteiger partial charge in [-0.3, -0.25) is 4.79 Å². The molecular weight excluding hydrogens is 440 g/mol. The van der Waals surface area contributed by atoms with Crippen molar-refractivity contribution in [2.24, 2.45) is 0 Å². The SMILES string of the molecule is C[C@@H]1CN(S(=O)(=O)c2ccc(NC(=O)CCS(=O)(=O)c3ccccc3)cc2)C[C@H](C)O1. The fourth-order valence-electron chi connectivity index (χ4n) is 3.38. The molecule has 0 spiro atoms. The fourth-order valence-corrected chi connectivity index (χ4v) is 6.23. The Balaban J connectivity index is 1.61. The number of nitrogens with zero attached hydrogens (tertiary/aromatic N) is 1. The Morgan fingerprint density at radius 2 is 1.52 bits per heavy atom. The molecule has 8 nitrogen and oxygen atoms in total. The van der Waals surface area contributed by atoms with E-state index in [0.29, 0.717) is 5.69 Å². The molecule has 1 aliphatic rings. The van der Waals surface area contributed by atoms with Crippen LogP contribution in [0.4, 0.5) is 5.69 Å². The number of ether oxygens (including phenoxy) is 1. The molecule has 2 aromatic carbocycles. The predicted molar refractivity (Wildman–Crippen MR) is 117 cm³/mol. The molecule has 0 aromatic heterocycles. The molecule has 31 heavy (non-hydrogen) atoms. The summed E-state index contributed by atoms with van der Waals surface area (Å²) in [5.74, 6) is -0.783. The van der Waals surface area contributed by atoms with Crippen LogP contribution in [-0.2, 0) is 29.4 Å². The Bertz CT molecular complexity index is 1110. The number of sulfone groups is 1. The average Bonchev–Trinajstić information content (AvgIpc) is 2.73. The van der Waals surface area contributed by atoms with E-state index in [2.05, 4.69) is 5.32 Å². The zero-order chi connectivity index (χ0) is 22.6. The number of hydrogen-bond acceptors (Lipinski definition) is 6. The van der Waals surface area contributed by atoms with Gasteiger partial charge in [-0.15, -0.1) is 0 Å². The van der Waals surface area contributed by atoms with Crippen LogP contribution in [0.2, 0.25) is 0 Å². The van der Waals surface area contributed by atoms with Gasteiger partial charge in [0.05, 0.1) is 27.8 Å². The third kappa shape index (κ3) is 5.91. The van der Waals surface area contributed by atoms with Gasteiger partial charge in [-0.05, 0) is 50.2 Å². The minimum absolute atomic E-state index is 0.124. The van der Waals surface area contributed by atoms with Gasteiger partial charge in [-0.1, -0.05) is 18.2 Å². The summed E-state index contributed by atoms with van der Waals surface area (Å²) in [6.07, 6.45) is -0.589. The lowest BCUT2D eigenvalue weighted by Gasteiger charge is -2.34. The standard InChI is InChI=1S/C21H26N2O6S2/c1-16-14-23(15-17(2)29-16)31(27,28)20-10-8-18(9-11-20)22-21(24)12-13-30(25,26)19-6-4-3-5-7-19/h3-11,16-17H,12-15H2,1-2H3,(H,22,24)/t16-,17+. The third-order valence-corrected chi connectivity index (χ3v) is 8.44. The van der Waals surface area contributed by atoms with Gasteiger partial charge >= 0.3 is 0 Å². The van der Waals surface area contributed by atoms with Crippen LogP contribution >= 0.6 is 0 Å². The summed E-state index contributed by atoms with van der Waals surface area (Å²) in [4.78, 5) is 12.5. The van der Waals surface area contributed by atoms with Crippen molar-refractivity contribution in [1.29, 1.82) is 0 Å². The van der Waals surface area contributed by atoms with Gasteiger partial charge < -0.3 is 10.1 Å². The topological polar surface area (TPSA) is 110 Å². The number of amides is 1. The largest absolute Gasteiger partial charge is 0.373 e. The maximum absolute atomic E-state index is 12.9. The van der Waals surface area contributed by atoms with Crippen LogP contribution in [-0.4, -0.2) is 58.1 Å². The molecule has 1 amide bonds. The van der Waals surface area contributed by atoms with Crippen LogP contribution in [0, 0.1) is 0 Å². The smallest absolute Gasteiger partial charge is 0.243 e. The predicted octanol–water partition coefficient (Wildman–Crippen LogP) is 2.29. The summed E-state index contributed by atoms with van der Waals surface area (Å²) in [5.41, 5.74) is 0.393. The number of anilines is 1. The average molecular weight is 467 g/mol. The van der Waals surface area contributed by atoms with E-state index in [-0.39, 0.29) is 47.3 Å². The van der Waals surface area contributed by atoms with Crippen LogP contribution in [0.1, 0.15) is 20.3 Å². The molecule has 168 valence electrons. The second kappa shape index (κ2) is 9.47. The number of carbonyl (C=O) groups is 1. The molecule has 1 heterocycles. The molecule has 1 aliphatic heterocycles. The van der Waals surface area contributed by atoms with Gasteiger partial charge in [-0.25, -0.2) is 16.8 Å². The van der Waals surface area contributed by atoms with Crippen LogP contribution in [0.25, 0.3) is 0 Å². The third-order valence-electron chi connectivity index (χ3n) is 4.86. The highest BCUT2D eigenvalue weighted by Crippen LogP contribution is 2.22. The molecule has 1 fully saturated rings. The summed E-state index contributed by atoms with van der Waals surface area (Å²) in [6.45, 7) is 4.21. The molecule has 10 heteroatoms. The van der Waals surface area contributed by atoms with Crippen molar-refractivity contribution in [3.8, 4) is 0 Å². The molecule has 0 saturated carbocycles. The number of sulfonamides is 1. The first-order chi connectivity index (χ1) is 14.6. The minimum atomic E-state index is -3.67. The van der Waals surface area contributed by atoms with Crippen LogP contribution in [0.3, 0.4) is 0 Å². The van der Waals surface area contributed by atoms with E-state index < -0.39 is 25.8 Å². The van der Waals surface area contributed by atoms with Crippen LogP contribution < -0.4 is 5.32 Å². The molecule has 0 aliphatic carbocycles. The fraction of sp³-hybridized carbons (Fsp3) is 0.381. The van der Waals surface area contributed by atoms with E-state index >= 15 is 0 Å². The number of carbonyl (C=O) groups excluding carboxylic acids is 1. The molecule has 0 radical (unpaired) electrons. The number of nitrogens with one attached hydrogen (secondary N) is 1. The molecule has 0 bridgehead atoms. The Kier molecular flexibility index (Phi) is 7.15. The zero-order valence-electron chi connectivity index (χ0n) is 17.4. The van der Waals surface area contributed by atoms with Crippen molar-refractivity contribution in [1.82, 2.24) is 4.31 Å². The summed E-state index contributed by atoms with van der Waals surface area (Å²) in [6, 6.07) is 13.8. The summed E-state index contributed by atoms with van der Waals surface area (Å²) in [5, 5.41) is 2.61. The van der Waals surface area contributed by atoms with E-state index in [9.17, 15) is 21.6 Å². The lowest BCUT2D eigenvalue weighted by Crippen LogP contribution is -2.48. The molecule has 1 saturated heterocycles. The van der Waals surface area contributed by atoms with Gasteiger partial charge in [0.15, 0.2) is 9.84 Å². The van der Waals surface area contributed by atoms with Crippen LogP contribution in [0.5, 0.6) is 0 Å². The van der Waals surface area contributed by atoms with E-state index in [0.717, 1.165) is 0 Å². The Morgan fingerprint density at radius 3 is 2.10 bits per heavy atom. The normalized spacial score (nSPS) is 20.3. The van der Waals surface area contributed by atoms with Crippen molar-refractivity contribution < 1.29 is 26.4 Å². The second-order valence-corrected chi connectivity index (χ2v) is 11.6. The maximum atomic E-state index is 12.9. The van der Waals surface area contributed by atoms with Crippen LogP contribution in [0.15, 0.2) is 64.4 Å². The summed E-state index contributed by atoms with van der Waals surface area (Å²) in [7, 11) is -7.22. The van der Waals surface area contributed by atoms with Gasteiger partial charge in [0.1, 0.15) is 0 Å². The van der Waals surface area contributed by atoms with Gasteiger partial charge in [-0.2, -0.15) is 4.31 Å². The zero-order valence-corrected chi connectivity index (χ0v) is 19.0. The first-order valence-corrected chi connectivity index (χ1v) is 13.0. The van der Waals surface area contributed by atoms with Gasteiger partial charge in [0.25, 0.3) is 0 Å². The first-order valence-electron chi connectivity index (χ1n) is 9.91. The molecule has 0 unspecified atom stereocenters. The highest BCUT2D eigenvalue weighted by molar-refractivity contribution is 7.91. The lowest BCUT2D eigenvalue weighted by atomic mass is 10.3. The molecule has 2 aromatic rings. The Hall–Kier alpha value is -2.27. The van der Waals surface area contributed by atoms with Gasteiger partial charge in [0.2, 0.25) is 15.9 Å². The minimum Gasteiger partial charge on any atom is -0.373 e. The molecule has 3 rings (SSSR count). The number of benzene rings is 2. The first kappa shape index (κ1) is 23.4. The monoisotopic (exact) mass is 466 g/mol. The van der Waals surface area contributed by atoms with Crippen molar-refractivity contribution in [2.75, 3.05) is 24.2 Å². The van der Waals surface area contributed by atoms with Gasteiger partial charge in [0, 0.05) is 25.2 Å². The lowest BCUT2D eigenvalue weighted by molar-refractivity contribution is -0.115. The number of hydrogen-bond donors (Lipinski definition) is 1. The number of morpholine rings is 1. The van der Waals surface area contributed by atoms with Crippen molar-refractivity contribution in [2.45, 2.75) is 42.3 Å². The van der Waals surface area contributed by atoms with Crippen molar-refractivity contribution in [3.63, 3.8) is 0 Å². The quantitative estimate of drug-likeness (QED) is 0.670. The Morgan fingerprint density at radius 1 is 0.935 bits per heavy atom. The number of rotatable bonds is 7. The highest BCUT2D eigenvalue weighted by Gasteiger charge is 2.32. The van der Waals surface area contributed by atoms with E-state index in [1.807, 2.05) is 13.8 Å². The second-order valence-electron chi connectivity index (χ2n) is 7.53. The highest BCUT2D eigenvalue weighted by atomic mass is 32.2. The molecule has 2 atom stereocenters.